The van der Waals surface area contributed by atoms with Gasteiger partial charge in [0, 0.05) is 31.2 Å². The number of thiazole rings is 1. The summed E-state index contributed by atoms with van der Waals surface area (Å²) in [6.45, 7) is 10.1. The molecule has 3 heterocycles. The number of carbonyl (C=O) groups excluding carboxylic acids is 1. The molecular formula is C28H36N4O2S. The lowest BCUT2D eigenvalue weighted by Gasteiger charge is -2.31. The highest BCUT2D eigenvalue weighted by atomic mass is 32.1. The number of nitrogens with one attached hydrogen (secondary N) is 1. The van der Waals surface area contributed by atoms with E-state index in [1.54, 1.807) is 11.3 Å². The predicted octanol–water partition coefficient (Wildman–Crippen LogP) is 5.78. The molecule has 2 fully saturated rings. The molecule has 2 saturated heterocycles. The van der Waals surface area contributed by atoms with Crippen LogP contribution in [0.4, 0.5) is 10.8 Å². The maximum absolute atomic E-state index is 12.9. The van der Waals surface area contributed by atoms with Crippen molar-refractivity contribution in [1.29, 1.82) is 0 Å². The molecule has 2 aliphatic rings. The number of amides is 1. The maximum Gasteiger partial charge on any atom is 0.227 e. The minimum Gasteiger partial charge on any atom is -0.494 e. The number of ether oxygens (including phenoxy) is 1. The van der Waals surface area contributed by atoms with Crippen LogP contribution in [0.5, 0.6) is 5.75 Å². The summed E-state index contributed by atoms with van der Waals surface area (Å²) < 4.78 is 6.76. The molecule has 3 aromatic rings. The first-order chi connectivity index (χ1) is 17.1. The first-order valence-corrected chi connectivity index (χ1v) is 13.8. The summed E-state index contributed by atoms with van der Waals surface area (Å²) in [5.74, 6) is 1.92. The number of rotatable bonds is 7. The number of likely N-dealkylation sites (tertiary alicyclic amines) is 1. The van der Waals surface area contributed by atoms with Crippen molar-refractivity contribution < 1.29 is 9.53 Å². The SMILES string of the molecule is CCOc1ccc2nc(N3CCC(C(=O)Nc4ccc(CN5CCC(C)CC5)cc4)CC3)sc2c1. The van der Waals surface area contributed by atoms with Gasteiger partial charge >= 0.3 is 0 Å². The van der Waals surface area contributed by atoms with E-state index in [1.807, 2.05) is 31.2 Å². The van der Waals surface area contributed by atoms with Gasteiger partial charge in [0.15, 0.2) is 5.13 Å². The summed E-state index contributed by atoms with van der Waals surface area (Å²) in [5, 5.41) is 4.18. The lowest BCUT2D eigenvalue weighted by Crippen LogP contribution is -2.38. The number of hydrogen-bond donors (Lipinski definition) is 1. The van der Waals surface area contributed by atoms with E-state index in [4.69, 9.17) is 9.72 Å². The Morgan fingerprint density at radius 2 is 1.80 bits per heavy atom. The van der Waals surface area contributed by atoms with E-state index in [1.165, 1.54) is 31.5 Å². The zero-order chi connectivity index (χ0) is 24.2. The number of carbonyl (C=O) groups is 1. The second-order valence-electron chi connectivity index (χ2n) is 9.97. The lowest BCUT2D eigenvalue weighted by atomic mass is 9.96. The maximum atomic E-state index is 12.9. The predicted molar refractivity (Wildman–Crippen MR) is 144 cm³/mol. The average molecular weight is 493 g/mol. The van der Waals surface area contributed by atoms with E-state index in [0.717, 1.165) is 65.2 Å². The molecule has 0 atom stereocenters. The van der Waals surface area contributed by atoms with Gasteiger partial charge in [0.1, 0.15) is 5.75 Å². The van der Waals surface area contributed by atoms with Gasteiger partial charge in [-0.25, -0.2) is 4.98 Å². The van der Waals surface area contributed by atoms with Crippen LogP contribution in [-0.2, 0) is 11.3 Å². The molecule has 2 aromatic carbocycles. The molecule has 5 rings (SSSR count). The molecule has 0 spiro atoms. The van der Waals surface area contributed by atoms with Crippen molar-refractivity contribution in [3.8, 4) is 5.75 Å². The number of piperidine rings is 2. The number of benzene rings is 2. The van der Waals surface area contributed by atoms with Crippen LogP contribution in [0.15, 0.2) is 42.5 Å². The molecular weight excluding hydrogens is 456 g/mol. The Morgan fingerprint density at radius 1 is 1.06 bits per heavy atom. The standard InChI is InChI=1S/C28H36N4O2S/c1-3-34-24-8-9-25-26(18-24)35-28(30-25)32-16-12-22(13-17-32)27(33)29-23-6-4-21(5-7-23)19-31-14-10-20(2)11-15-31/h4-9,18,20,22H,3,10-17,19H2,1-2H3,(H,29,33). The quantitative estimate of drug-likeness (QED) is 0.453. The first kappa shape index (κ1) is 24.1. The monoisotopic (exact) mass is 492 g/mol. The molecule has 1 aromatic heterocycles. The van der Waals surface area contributed by atoms with Crippen LogP contribution in [-0.4, -0.2) is 48.6 Å². The zero-order valence-electron chi connectivity index (χ0n) is 20.8. The molecule has 7 heteroatoms. The third-order valence-corrected chi connectivity index (χ3v) is 8.38. The Morgan fingerprint density at radius 3 is 2.51 bits per heavy atom. The van der Waals surface area contributed by atoms with E-state index in [2.05, 4.69) is 40.2 Å². The number of aromatic nitrogens is 1. The molecule has 0 unspecified atom stereocenters. The van der Waals surface area contributed by atoms with Gasteiger partial charge in [0.05, 0.1) is 16.8 Å². The smallest absolute Gasteiger partial charge is 0.227 e. The number of anilines is 2. The van der Waals surface area contributed by atoms with Crippen molar-refractivity contribution in [3.63, 3.8) is 0 Å². The van der Waals surface area contributed by atoms with Gasteiger partial charge in [-0.1, -0.05) is 30.4 Å². The highest BCUT2D eigenvalue weighted by Gasteiger charge is 2.26. The van der Waals surface area contributed by atoms with Crippen molar-refractivity contribution in [2.45, 2.75) is 46.1 Å². The zero-order valence-corrected chi connectivity index (χ0v) is 21.7. The summed E-state index contributed by atoms with van der Waals surface area (Å²) in [5.41, 5.74) is 3.21. The molecule has 0 bridgehead atoms. The van der Waals surface area contributed by atoms with E-state index in [0.29, 0.717) is 6.61 Å². The second kappa shape index (κ2) is 11.0. The number of fused-ring (bicyclic) bond motifs is 1. The van der Waals surface area contributed by atoms with Crippen LogP contribution < -0.4 is 15.0 Å². The summed E-state index contributed by atoms with van der Waals surface area (Å²) in [6, 6.07) is 14.5. The summed E-state index contributed by atoms with van der Waals surface area (Å²) in [4.78, 5) is 22.6. The normalized spacial score (nSPS) is 18.2. The molecule has 1 N–H and O–H groups in total. The third-order valence-electron chi connectivity index (χ3n) is 7.30. The second-order valence-corrected chi connectivity index (χ2v) is 11.0. The van der Waals surface area contributed by atoms with Crippen LogP contribution in [0.25, 0.3) is 10.2 Å². The van der Waals surface area contributed by atoms with Gasteiger partial charge in [-0.3, -0.25) is 9.69 Å². The Hall–Kier alpha value is -2.64. The van der Waals surface area contributed by atoms with Gasteiger partial charge in [0.25, 0.3) is 0 Å². The Bertz CT molecular complexity index is 1130. The van der Waals surface area contributed by atoms with Crippen LogP contribution in [0.1, 0.15) is 45.1 Å². The molecule has 186 valence electrons. The number of nitrogens with zero attached hydrogens (tertiary/aromatic N) is 3. The van der Waals surface area contributed by atoms with Gasteiger partial charge in [-0.2, -0.15) is 0 Å². The summed E-state index contributed by atoms with van der Waals surface area (Å²) in [7, 11) is 0. The van der Waals surface area contributed by atoms with Gasteiger partial charge in [-0.15, -0.1) is 0 Å². The van der Waals surface area contributed by atoms with Crippen LogP contribution in [0, 0.1) is 11.8 Å². The fourth-order valence-electron chi connectivity index (χ4n) is 5.03. The Balaban J connectivity index is 1.11. The highest BCUT2D eigenvalue weighted by molar-refractivity contribution is 7.22. The van der Waals surface area contributed by atoms with Crippen molar-refractivity contribution in [1.82, 2.24) is 9.88 Å². The molecule has 35 heavy (non-hydrogen) atoms. The van der Waals surface area contributed by atoms with Gasteiger partial charge < -0.3 is 15.0 Å². The number of hydrogen-bond acceptors (Lipinski definition) is 6. The van der Waals surface area contributed by atoms with Crippen LogP contribution in [0.2, 0.25) is 0 Å². The van der Waals surface area contributed by atoms with E-state index >= 15 is 0 Å². The van der Waals surface area contributed by atoms with Crippen molar-refractivity contribution >= 4 is 38.3 Å². The van der Waals surface area contributed by atoms with E-state index in [9.17, 15) is 4.79 Å². The third kappa shape index (κ3) is 5.96. The van der Waals surface area contributed by atoms with E-state index < -0.39 is 0 Å². The summed E-state index contributed by atoms with van der Waals surface area (Å²) >= 11 is 1.70. The van der Waals surface area contributed by atoms with E-state index in [-0.39, 0.29) is 11.8 Å². The molecule has 1 amide bonds. The van der Waals surface area contributed by atoms with Crippen molar-refractivity contribution in [2.24, 2.45) is 11.8 Å². The minimum absolute atomic E-state index is 0.0419. The molecule has 2 aliphatic heterocycles. The van der Waals surface area contributed by atoms with Gasteiger partial charge in [0.2, 0.25) is 5.91 Å². The molecule has 0 aliphatic carbocycles. The van der Waals surface area contributed by atoms with Crippen LogP contribution >= 0.6 is 11.3 Å². The Labute approximate surface area is 212 Å². The largest absolute Gasteiger partial charge is 0.494 e. The summed E-state index contributed by atoms with van der Waals surface area (Å²) in [6.07, 6.45) is 4.27. The fourth-order valence-corrected chi connectivity index (χ4v) is 6.08. The molecule has 0 saturated carbocycles. The van der Waals surface area contributed by atoms with Crippen molar-refractivity contribution in [3.05, 3.63) is 48.0 Å². The fraction of sp³-hybridized carbons (Fsp3) is 0.500. The lowest BCUT2D eigenvalue weighted by molar-refractivity contribution is -0.120. The minimum atomic E-state index is 0.0419. The van der Waals surface area contributed by atoms with Crippen molar-refractivity contribution in [2.75, 3.05) is 43.0 Å². The van der Waals surface area contributed by atoms with Crippen LogP contribution in [0.3, 0.4) is 0 Å². The van der Waals surface area contributed by atoms with Gasteiger partial charge in [-0.05, 0) is 87.5 Å². The topological polar surface area (TPSA) is 57.7 Å². The highest BCUT2D eigenvalue weighted by Crippen LogP contribution is 2.33. The molecule has 6 nitrogen and oxygen atoms in total. The average Bonchev–Trinajstić information content (AvgIpc) is 3.30. The molecule has 0 radical (unpaired) electrons. The Kier molecular flexibility index (Phi) is 7.54. The first-order valence-electron chi connectivity index (χ1n) is 13.0.